The summed E-state index contributed by atoms with van der Waals surface area (Å²) in [4.78, 5) is 19.1. The number of amides is 1. The highest BCUT2D eigenvalue weighted by atomic mass is 32.2. The monoisotopic (exact) mass is 290 g/mol. The molecule has 1 heterocycles. The number of methoxy groups -OCH3 is 1. The van der Waals surface area contributed by atoms with Crippen LogP contribution in [0.25, 0.3) is 6.08 Å². The Kier molecular flexibility index (Phi) is 4.84. The van der Waals surface area contributed by atoms with Gasteiger partial charge in [-0.25, -0.2) is 0 Å². The van der Waals surface area contributed by atoms with Crippen LogP contribution >= 0.6 is 11.8 Å². The van der Waals surface area contributed by atoms with Gasteiger partial charge in [-0.15, -0.1) is 0 Å². The molecule has 1 saturated heterocycles. The lowest BCUT2D eigenvalue weighted by Crippen LogP contribution is -2.28. The largest absolute Gasteiger partial charge is 0.496 e. The first kappa shape index (κ1) is 14.7. The Morgan fingerprint density at radius 2 is 2.10 bits per heavy atom. The molecule has 0 N–H and O–H groups in total. The molecule has 1 aliphatic rings. The summed E-state index contributed by atoms with van der Waals surface area (Å²) in [5.74, 6) is 0.771. The van der Waals surface area contributed by atoms with E-state index in [1.54, 1.807) is 12.0 Å². The van der Waals surface area contributed by atoms with Crippen LogP contribution in [0.3, 0.4) is 0 Å². The fraction of sp³-hybridized carbons (Fsp3) is 0.333. The molecule has 0 aromatic heterocycles. The molecule has 1 fully saturated rings. The van der Waals surface area contributed by atoms with E-state index in [2.05, 4.69) is 4.99 Å². The summed E-state index contributed by atoms with van der Waals surface area (Å²) in [6.07, 6.45) is 1.87. The van der Waals surface area contributed by atoms with Crippen LogP contribution in [0.2, 0.25) is 0 Å². The lowest BCUT2D eigenvalue weighted by atomic mass is 10.2. The smallest absolute Gasteiger partial charge is 0.266 e. The summed E-state index contributed by atoms with van der Waals surface area (Å²) in [5, 5.41) is 0.779. The number of hydrogen-bond donors (Lipinski definition) is 0. The Morgan fingerprint density at radius 1 is 1.35 bits per heavy atom. The third-order valence-electron chi connectivity index (χ3n) is 2.92. The maximum absolute atomic E-state index is 12.3. The molecule has 0 saturated carbocycles. The van der Waals surface area contributed by atoms with E-state index in [1.807, 2.05) is 44.2 Å². The minimum atomic E-state index is 0.00982. The van der Waals surface area contributed by atoms with Crippen LogP contribution < -0.4 is 4.74 Å². The third-order valence-corrected chi connectivity index (χ3v) is 3.97. The van der Waals surface area contributed by atoms with Crippen molar-refractivity contribution in [3.8, 4) is 5.75 Å². The van der Waals surface area contributed by atoms with Crippen molar-refractivity contribution in [2.75, 3.05) is 20.2 Å². The van der Waals surface area contributed by atoms with Gasteiger partial charge in [-0.05, 0) is 37.8 Å². The maximum Gasteiger partial charge on any atom is 0.266 e. The van der Waals surface area contributed by atoms with E-state index in [9.17, 15) is 4.79 Å². The maximum atomic E-state index is 12.3. The first-order chi connectivity index (χ1) is 9.71. The number of para-hydroxylation sites is 1. The van der Waals surface area contributed by atoms with Gasteiger partial charge in [0.1, 0.15) is 5.75 Å². The summed E-state index contributed by atoms with van der Waals surface area (Å²) in [7, 11) is 1.63. The van der Waals surface area contributed by atoms with Crippen LogP contribution in [0.4, 0.5) is 0 Å². The predicted octanol–water partition coefficient (Wildman–Crippen LogP) is 3.01. The summed E-state index contributed by atoms with van der Waals surface area (Å²) in [6, 6.07) is 7.66. The van der Waals surface area contributed by atoms with Crippen molar-refractivity contribution in [2.45, 2.75) is 13.8 Å². The average molecular weight is 290 g/mol. The second-order valence-corrected chi connectivity index (χ2v) is 5.17. The number of hydrogen-bond acceptors (Lipinski definition) is 4. The molecular formula is C15H18N2O2S. The van der Waals surface area contributed by atoms with Crippen molar-refractivity contribution >= 4 is 28.9 Å². The molecule has 0 atom stereocenters. The second-order valence-electron chi connectivity index (χ2n) is 4.16. The van der Waals surface area contributed by atoms with Crippen LogP contribution in [-0.2, 0) is 4.79 Å². The highest BCUT2D eigenvalue weighted by Crippen LogP contribution is 2.33. The van der Waals surface area contributed by atoms with Gasteiger partial charge in [0.25, 0.3) is 5.91 Å². The quantitative estimate of drug-likeness (QED) is 0.801. The minimum absolute atomic E-state index is 0.00982. The lowest BCUT2D eigenvalue weighted by molar-refractivity contribution is -0.122. The molecule has 1 aromatic rings. The highest BCUT2D eigenvalue weighted by molar-refractivity contribution is 8.18. The molecule has 0 aliphatic carbocycles. The van der Waals surface area contributed by atoms with Gasteiger partial charge in [-0.2, -0.15) is 0 Å². The minimum Gasteiger partial charge on any atom is -0.496 e. The molecule has 1 aliphatic heterocycles. The number of likely N-dealkylation sites (N-methyl/N-ethyl adjacent to an activating group) is 1. The molecule has 2 rings (SSSR count). The number of nitrogens with zero attached hydrogens (tertiary/aromatic N) is 2. The van der Waals surface area contributed by atoms with Gasteiger partial charge >= 0.3 is 0 Å². The SMILES string of the molecule is CCN=C1S/C(=C\c2ccccc2OC)C(=O)N1CC. The summed E-state index contributed by atoms with van der Waals surface area (Å²) >= 11 is 1.42. The van der Waals surface area contributed by atoms with E-state index in [-0.39, 0.29) is 5.91 Å². The number of aliphatic imine (C=N–C) groups is 1. The number of benzene rings is 1. The molecule has 1 amide bonds. The second kappa shape index (κ2) is 6.61. The van der Waals surface area contributed by atoms with E-state index in [1.165, 1.54) is 11.8 Å². The van der Waals surface area contributed by atoms with Gasteiger partial charge in [0.2, 0.25) is 0 Å². The topological polar surface area (TPSA) is 41.9 Å². The van der Waals surface area contributed by atoms with Gasteiger partial charge in [0.15, 0.2) is 5.17 Å². The molecular weight excluding hydrogens is 272 g/mol. The Hall–Kier alpha value is -1.75. The number of rotatable bonds is 4. The molecule has 0 spiro atoms. The average Bonchev–Trinajstić information content (AvgIpc) is 2.75. The first-order valence-corrected chi connectivity index (χ1v) is 7.41. The van der Waals surface area contributed by atoms with Gasteiger partial charge in [0, 0.05) is 18.7 Å². The number of ether oxygens (including phenoxy) is 1. The van der Waals surface area contributed by atoms with E-state index in [0.29, 0.717) is 18.0 Å². The zero-order valence-electron chi connectivity index (χ0n) is 11.9. The normalized spacial score (nSPS) is 19.1. The predicted molar refractivity (Wildman–Crippen MR) is 83.9 cm³/mol. The van der Waals surface area contributed by atoms with Crippen LogP contribution in [0, 0.1) is 0 Å². The number of carbonyl (C=O) groups is 1. The molecule has 106 valence electrons. The van der Waals surface area contributed by atoms with Gasteiger partial charge in [-0.3, -0.25) is 14.7 Å². The summed E-state index contributed by atoms with van der Waals surface area (Å²) in [5.41, 5.74) is 0.902. The van der Waals surface area contributed by atoms with Gasteiger partial charge < -0.3 is 4.74 Å². The van der Waals surface area contributed by atoms with Crippen molar-refractivity contribution in [3.05, 3.63) is 34.7 Å². The zero-order chi connectivity index (χ0) is 14.5. The molecule has 4 nitrogen and oxygen atoms in total. The molecule has 20 heavy (non-hydrogen) atoms. The van der Waals surface area contributed by atoms with Crippen molar-refractivity contribution in [1.29, 1.82) is 0 Å². The Balaban J connectivity index is 2.36. The molecule has 0 bridgehead atoms. The van der Waals surface area contributed by atoms with Gasteiger partial charge in [-0.1, -0.05) is 18.2 Å². The van der Waals surface area contributed by atoms with Crippen LogP contribution in [0.15, 0.2) is 34.2 Å². The lowest BCUT2D eigenvalue weighted by Gasteiger charge is -2.11. The van der Waals surface area contributed by atoms with Crippen molar-refractivity contribution in [1.82, 2.24) is 4.90 Å². The van der Waals surface area contributed by atoms with Crippen molar-refractivity contribution in [3.63, 3.8) is 0 Å². The standard InChI is InChI=1S/C15H18N2O2S/c1-4-16-15-17(5-2)14(18)13(20-15)10-11-8-6-7-9-12(11)19-3/h6-10H,4-5H2,1-3H3/b13-10-,16-15?. The van der Waals surface area contributed by atoms with E-state index < -0.39 is 0 Å². The fourth-order valence-electron chi connectivity index (χ4n) is 1.97. The summed E-state index contributed by atoms with van der Waals surface area (Å²) in [6.45, 7) is 5.23. The fourth-order valence-corrected chi connectivity index (χ4v) is 3.06. The van der Waals surface area contributed by atoms with Crippen molar-refractivity contribution < 1.29 is 9.53 Å². The van der Waals surface area contributed by atoms with Crippen LogP contribution in [0.1, 0.15) is 19.4 Å². The molecule has 0 unspecified atom stereocenters. The van der Waals surface area contributed by atoms with E-state index in [0.717, 1.165) is 16.5 Å². The number of carbonyl (C=O) groups excluding carboxylic acids is 1. The van der Waals surface area contributed by atoms with Crippen molar-refractivity contribution in [2.24, 2.45) is 4.99 Å². The number of thioether (sulfide) groups is 1. The molecule has 5 heteroatoms. The zero-order valence-corrected chi connectivity index (χ0v) is 12.7. The van der Waals surface area contributed by atoms with E-state index in [4.69, 9.17) is 4.74 Å². The number of amidine groups is 1. The first-order valence-electron chi connectivity index (χ1n) is 6.60. The van der Waals surface area contributed by atoms with Crippen LogP contribution in [0.5, 0.6) is 5.75 Å². The third kappa shape index (κ3) is 2.88. The Bertz CT molecular complexity index is 567. The molecule has 0 radical (unpaired) electrons. The Morgan fingerprint density at radius 3 is 2.75 bits per heavy atom. The molecule has 1 aromatic carbocycles. The van der Waals surface area contributed by atoms with Gasteiger partial charge in [0.05, 0.1) is 12.0 Å². The van der Waals surface area contributed by atoms with E-state index >= 15 is 0 Å². The van der Waals surface area contributed by atoms with Crippen LogP contribution in [-0.4, -0.2) is 36.2 Å². The summed E-state index contributed by atoms with van der Waals surface area (Å²) < 4.78 is 5.31. The highest BCUT2D eigenvalue weighted by Gasteiger charge is 2.31. The Labute approximate surface area is 123 Å².